The largest absolute Gasteiger partial charge is 0.394 e. The molecule has 0 radical (unpaired) electrons. The Morgan fingerprint density at radius 2 is 2.24 bits per heavy atom. The molecule has 4 N–H and O–H groups in total. The number of aliphatic hydroxyl groups is 3. The number of nitrogens with zero attached hydrogens (tertiary/aromatic N) is 2. The van der Waals surface area contributed by atoms with Crippen molar-refractivity contribution in [3.8, 4) is 0 Å². The van der Waals surface area contributed by atoms with Crippen LogP contribution in [0.1, 0.15) is 13.8 Å². The van der Waals surface area contributed by atoms with Gasteiger partial charge in [-0.25, -0.2) is 4.79 Å². The van der Waals surface area contributed by atoms with Crippen LogP contribution in [0.25, 0.3) is 0 Å². The molecule has 1 saturated heterocycles. The molecule has 4 atom stereocenters. The van der Waals surface area contributed by atoms with Crippen LogP contribution in [0.5, 0.6) is 0 Å². The summed E-state index contributed by atoms with van der Waals surface area (Å²) in [5.41, 5.74) is -2.33. The second-order valence-corrected chi connectivity index (χ2v) is 4.98. The second-order valence-electron chi connectivity index (χ2n) is 4.98. The molecule has 1 aliphatic rings. The number of anilines is 1. The number of hydrogen-bond acceptors (Lipinski definition) is 7. The molecular weight excluding hydrogens is 282 g/mol. The highest BCUT2D eigenvalue weighted by Gasteiger charge is 2.52. The van der Waals surface area contributed by atoms with E-state index in [-0.39, 0.29) is 11.7 Å². The molecule has 2 rings (SSSR count). The van der Waals surface area contributed by atoms with Crippen LogP contribution < -0.4 is 11.0 Å². The summed E-state index contributed by atoms with van der Waals surface area (Å²) in [5.74, 6) is -0.308. The van der Waals surface area contributed by atoms with Gasteiger partial charge in [0.15, 0.2) is 5.72 Å². The van der Waals surface area contributed by atoms with Crippen molar-refractivity contribution in [2.24, 2.45) is 0 Å². The van der Waals surface area contributed by atoms with E-state index >= 15 is 0 Å². The Balaban J connectivity index is 2.38. The highest BCUT2D eigenvalue weighted by Crippen LogP contribution is 2.34. The lowest BCUT2D eigenvalue weighted by molar-refractivity contribution is -0.137. The molecule has 1 fully saturated rings. The lowest BCUT2D eigenvalue weighted by Gasteiger charge is -2.29. The number of aromatic nitrogens is 2. The first-order valence-electron chi connectivity index (χ1n) is 6.32. The average molecular weight is 299 g/mol. The van der Waals surface area contributed by atoms with Gasteiger partial charge in [-0.15, -0.1) is 0 Å². The summed E-state index contributed by atoms with van der Waals surface area (Å²) >= 11 is 0. The van der Waals surface area contributed by atoms with E-state index in [1.807, 2.05) is 0 Å². The van der Waals surface area contributed by atoms with Crippen LogP contribution in [0.2, 0.25) is 0 Å². The summed E-state index contributed by atoms with van der Waals surface area (Å²) in [6.07, 6.45) is -2.47. The van der Waals surface area contributed by atoms with E-state index in [0.29, 0.717) is 0 Å². The first-order valence-corrected chi connectivity index (χ1v) is 6.32. The van der Waals surface area contributed by atoms with Crippen molar-refractivity contribution < 1.29 is 24.9 Å². The van der Waals surface area contributed by atoms with Crippen molar-refractivity contribution >= 4 is 11.7 Å². The maximum absolute atomic E-state index is 12.0. The number of carbonyl (C=O) groups is 1. The zero-order chi connectivity index (χ0) is 15.8. The molecule has 0 unspecified atom stereocenters. The Labute approximate surface area is 119 Å². The highest BCUT2D eigenvalue weighted by atomic mass is 16.6. The Bertz CT molecular complexity index is 603. The Kier molecular flexibility index (Phi) is 4.10. The van der Waals surface area contributed by atoms with Crippen LogP contribution >= 0.6 is 0 Å². The van der Waals surface area contributed by atoms with Crippen molar-refractivity contribution in [2.75, 3.05) is 11.9 Å². The van der Waals surface area contributed by atoms with Crippen molar-refractivity contribution in [3.05, 3.63) is 22.7 Å². The number of rotatable bonds is 3. The van der Waals surface area contributed by atoms with Crippen molar-refractivity contribution in [1.29, 1.82) is 0 Å². The molecule has 0 bridgehead atoms. The lowest BCUT2D eigenvalue weighted by Crippen LogP contribution is -2.48. The fraction of sp³-hybridized carbons (Fsp3) is 0.583. The zero-order valence-electron chi connectivity index (χ0n) is 11.6. The molecule has 0 saturated carbocycles. The van der Waals surface area contributed by atoms with Gasteiger partial charge < -0.3 is 25.4 Å². The number of ether oxygens (including phenoxy) is 1. The van der Waals surface area contributed by atoms with Gasteiger partial charge in [-0.1, -0.05) is 0 Å². The van der Waals surface area contributed by atoms with Gasteiger partial charge in [0.1, 0.15) is 24.1 Å². The molecule has 9 heteroatoms. The smallest absolute Gasteiger partial charge is 0.351 e. The van der Waals surface area contributed by atoms with Gasteiger partial charge in [-0.3, -0.25) is 9.36 Å². The van der Waals surface area contributed by atoms with Crippen LogP contribution in [-0.4, -0.2) is 55.7 Å². The summed E-state index contributed by atoms with van der Waals surface area (Å²) < 4.78 is 6.40. The molecule has 1 aromatic heterocycles. The topological polar surface area (TPSA) is 134 Å². The minimum Gasteiger partial charge on any atom is -0.394 e. The molecule has 2 heterocycles. The van der Waals surface area contributed by atoms with Gasteiger partial charge >= 0.3 is 5.69 Å². The van der Waals surface area contributed by atoms with Crippen LogP contribution in [0.3, 0.4) is 0 Å². The van der Waals surface area contributed by atoms with Gasteiger partial charge in [0.05, 0.1) is 6.61 Å². The fourth-order valence-corrected chi connectivity index (χ4v) is 2.30. The predicted molar refractivity (Wildman–Crippen MR) is 70.4 cm³/mol. The molecular formula is C12H17N3O6. The van der Waals surface area contributed by atoms with Gasteiger partial charge in [0.2, 0.25) is 5.91 Å². The van der Waals surface area contributed by atoms with Crippen molar-refractivity contribution in [3.63, 3.8) is 0 Å². The molecule has 1 aliphatic heterocycles. The first-order chi connectivity index (χ1) is 9.79. The van der Waals surface area contributed by atoms with Crippen LogP contribution in [-0.2, 0) is 15.3 Å². The zero-order valence-corrected chi connectivity index (χ0v) is 11.6. The molecule has 0 aromatic carbocycles. The summed E-state index contributed by atoms with van der Waals surface area (Å²) in [4.78, 5) is 26.6. The maximum atomic E-state index is 12.0. The van der Waals surface area contributed by atoms with E-state index in [9.17, 15) is 19.8 Å². The highest BCUT2D eigenvalue weighted by molar-refractivity contribution is 5.87. The van der Waals surface area contributed by atoms with Crippen molar-refractivity contribution in [2.45, 2.75) is 37.9 Å². The molecule has 1 amide bonds. The van der Waals surface area contributed by atoms with Crippen molar-refractivity contribution in [1.82, 2.24) is 9.55 Å². The van der Waals surface area contributed by atoms with Crippen LogP contribution in [0.15, 0.2) is 17.1 Å². The number of hydrogen-bond donors (Lipinski definition) is 4. The minimum atomic E-state index is -1.56. The summed E-state index contributed by atoms with van der Waals surface area (Å²) in [5, 5.41) is 31.3. The van der Waals surface area contributed by atoms with Gasteiger partial charge in [-0.05, 0) is 13.0 Å². The van der Waals surface area contributed by atoms with E-state index in [1.165, 1.54) is 26.1 Å². The van der Waals surface area contributed by atoms with E-state index in [2.05, 4.69) is 10.3 Å². The van der Waals surface area contributed by atoms with Gasteiger partial charge in [0, 0.05) is 13.1 Å². The Morgan fingerprint density at radius 1 is 1.57 bits per heavy atom. The standard InChI is InChI=1S/C12H17N3O6/c1-6(17)13-8-3-4-15(11(20)14-8)12(2)10(19)9(18)7(5-16)21-12/h3-4,7,9-10,16,18-19H,5H2,1-2H3,(H,13,14,17,20)/t7-,9-,10-,12-/m1/s1. The number of aliphatic hydroxyl groups excluding tert-OH is 3. The normalized spacial score (nSPS) is 32.1. The third kappa shape index (κ3) is 2.68. The number of carbonyl (C=O) groups excluding carboxylic acids is 1. The van der Waals surface area contributed by atoms with E-state index < -0.39 is 36.3 Å². The molecule has 21 heavy (non-hydrogen) atoms. The average Bonchev–Trinajstić information content (AvgIpc) is 2.63. The van der Waals surface area contributed by atoms with E-state index in [0.717, 1.165) is 4.57 Å². The summed E-state index contributed by atoms with van der Waals surface area (Å²) in [6, 6.07) is 1.36. The molecule has 9 nitrogen and oxygen atoms in total. The third-order valence-corrected chi connectivity index (χ3v) is 3.41. The van der Waals surface area contributed by atoms with Crippen LogP contribution in [0.4, 0.5) is 5.82 Å². The summed E-state index contributed by atoms with van der Waals surface area (Å²) in [7, 11) is 0. The van der Waals surface area contributed by atoms with Crippen LogP contribution in [0, 0.1) is 0 Å². The number of amides is 1. The Hall–Kier alpha value is -1.81. The fourth-order valence-electron chi connectivity index (χ4n) is 2.30. The van der Waals surface area contributed by atoms with Gasteiger partial charge in [0.25, 0.3) is 0 Å². The summed E-state index contributed by atoms with van der Waals surface area (Å²) in [6.45, 7) is 2.18. The molecule has 0 spiro atoms. The number of nitrogens with one attached hydrogen (secondary N) is 1. The molecule has 116 valence electrons. The third-order valence-electron chi connectivity index (χ3n) is 3.41. The Morgan fingerprint density at radius 3 is 2.71 bits per heavy atom. The minimum absolute atomic E-state index is 0.0686. The van der Waals surface area contributed by atoms with Gasteiger partial charge in [-0.2, -0.15) is 4.98 Å². The molecule has 1 aromatic rings. The SMILES string of the molecule is CC(=O)Nc1ccn([C@]2(C)O[C@H](CO)[C@@H](O)[C@H]2O)c(=O)n1. The first kappa shape index (κ1) is 15.6. The van der Waals surface area contributed by atoms with E-state index in [4.69, 9.17) is 9.84 Å². The quantitative estimate of drug-likeness (QED) is 0.506. The monoisotopic (exact) mass is 299 g/mol. The molecule has 0 aliphatic carbocycles. The maximum Gasteiger partial charge on any atom is 0.351 e. The van der Waals surface area contributed by atoms with E-state index in [1.54, 1.807) is 0 Å². The predicted octanol–water partition coefficient (Wildman–Crippen LogP) is -2.01. The second kappa shape index (κ2) is 5.53. The lowest BCUT2D eigenvalue weighted by atomic mass is 10.0.